The first-order valence-electron chi connectivity index (χ1n) is 12.8. The van der Waals surface area contributed by atoms with Crippen LogP contribution in [-0.4, -0.2) is 27.8 Å². The molecular weight excluding hydrogens is 465 g/mol. The Bertz CT molecular complexity index is 1340. The fourth-order valence-corrected chi connectivity index (χ4v) is 4.60. The zero-order valence-electron chi connectivity index (χ0n) is 21.1. The lowest BCUT2D eigenvalue weighted by Gasteiger charge is -2.23. The topological polar surface area (TPSA) is 39.5 Å². The van der Waals surface area contributed by atoms with Gasteiger partial charge in [-0.25, -0.2) is 9.37 Å². The van der Waals surface area contributed by atoms with Crippen LogP contribution in [0.5, 0.6) is 11.5 Å². The molecule has 0 unspecified atom stereocenters. The molecule has 2 heterocycles. The third-order valence-electron chi connectivity index (χ3n) is 6.43. The largest absolute Gasteiger partial charge is 0.454 e. The Morgan fingerprint density at radius 2 is 1.73 bits per heavy atom. The summed E-state index contributed by atoms with van der Waals surface area (Å²) in [6, 6.07) is 25.8. The van der Waals surface area contributed by atoms with Crippen LogP contribution in [0.3, 0.4) is 0 Å². The number of halogens is 1. The van der Waals surface area contributed by atoms with Crippen molar-refractivity contribution in [3.05, 3.63) is 108 Å². The first-order valence-corrected chi connectivity index (χ1v) is 12.8. The summed E-state index contributed by atoms with van der Waals surface area (Å²) >= 11 is 0. The van der Waals surface area contributed by atoms with Crippen LogP contribution in [0.2, 0.25) is 0 Å². The van der Waals surface area contributed by atoms with Gasteiger partial charge in [0, 0.05) is 25.2 Å². The van der Waals surface area contributed by atoms with Gasteiger partial charge in [-0.1, -0.05) is 80.1 Å². The maximum absolute atomic E-state index is 15.3. The third kappa shape index (κ3) is 6.27. The van der Waals surface area contributed by atoms with Gasteiger partial charge in [-0.2, -0.15) is 0 Å². The van der Waals surface area contributed by atoms with Crippen molar-refractivity contribution in [2.45, 2.75) is 39.4 Å². The van der Waals surface area contributed by atoms with Gasteiger partial charge in [-0.3, -0.25) is 4.90 Å². The highest BCUT2D eigenvalue weighted by Gasteiger charge is 2.19. The highest BCUT2D eigenvalue weighted by atomic mass is 19.1. The van der Waals surface area contributed by atoms with Crippen molar-refractivity contribution in [3.8, 4) is 22.9 Å². The van der Waals surface area contributed by atoms with E-state index in [1.165, 1.54) is 0 Å². The van der Waals surface area contributed by atoms with Crippen LogP contribution in [0.25, 0.3) is 17.5 Å². The maximum Gasteiger partial charge on any atom is 0.231 e. The number of hydrogen-bond acceptors (Lipinski definition) is 4. The third-order valence-corrected chi connectivity index (χ3v) is 6.43. The summed E-state index contributed by atoms with van der Waals surface area (Å²) in [5.41, 5.74) is 4.05. The zero-order chi connectivity index (χ0) is 25.5. The number of fused-ring (bicyclic) bond motifs is 1. The van der Waals surface area contributed by atoms with E-state index in [1.807, 2.05) is 72.9 Å². The Hall–Kier alpha value is -3.90. The number of ether oxygens (including phenoxy) is 2. The van der Waals surface area contributed by atoms with Crippen LogP contribution < -0.4 is 9.47 Å². The van der Waals surface area contributed by atoms with E-state index in [-0.39, 0.29) is 19.2 Å². The van der Waals surface area contributed by atoms with Crippen LogP contribution >= 0.6 is 0 Å². The smallest absolute Gasteiger partial charge is 0.231 e. The second kappa shape index (κ2) is 11.9. The van der Waals surface area contributed by atoms with Crippen molar-refractivity contribution >= 4 is 6.08 Å². The number of benzene rings is 3. The molecule has 0 amide bonds. The van der Waals surface area contributed by atoms with Gasteiger partial charge in [0.15, 0.2) is 11.5 Å². The minimum atomic E-state index is -0.185. The molecule has 0 fully saturated rings. The van der Waals surface area contributed by atoms with Gasteiger partial charge < -0.3 is 14.0 Å². The molecule has 0 aliphatic carbocycles. The Morgan fingerprint density at radius 1 is 0.973 bits per heavy atom. The summed E-state index contributed by atoms with van der Waals surface area (Å²) in [4.78, 5) is 6.90. The van der Waals surface area contributed by atoms with Crippen molar-refractivity contribution < 1.29 is 13.9 Å². The summed E-state index contributed by atoms with van der Waals surface area (Å²) in [5, 5.41) is 0. The summed E-state index contributed by atoms with van der Waals surface area (Å²) < 4.78 is 28.6. The van der Waals surface area contributed by atoms with E-state index >= 15 is 4.39 Å². The Kier molecular flexibility index (Phi) is 7.96. The van der Waals surface area contributed by atoms with Gasteiger partial charge in [-0.15, -0.1) is 0 Å². The molecule has 6 heteroatoms. The van der Waals surface area contributed by atoms with Crippen molar-refractivity contribution in [1.29, 1.82) is 0 Å². The van der Waals surface area contributed by atoms with Gasteiger partial charge in [0.05, 0.1) is 18.4 Å². The first kappa shape index (κ1) is 24.8. The van der Waals surface area contributed by atoms with E-state index in [0.29, 0.717) is 13.1 Å². The number of hydrogen-bond donors (Lipinski definition) is 0. The molecule has 190 valence electrons. The second-order valence-electron chi connectivity index (χ2n) is 9.28. The van der Waals surface area contributed by atoms with Gasteiger partial charge in [0.2, 0.25) is 6.79 Å². The second-order valence-corrected chi connectivity index (χ2v) is 9.28. The summed E-state index contributed by atoms with van der Waals surface area (Å²) in [6.07, 6.45) is 5.68. The van der Waals surface area contributed by atoms with E-state index in [9.17, 15) is 0 Å². The van der Waals surface area contributed by atoms with Crippen molar-refractivity contribution in [3.63, 3.8) is 0 Å². The standard InChI is InChI=1S/C31H32FN3O2/c1-2-3-16-35-28(19-33-31(35)26-12-8-5-9-13-26)22-34(21-27(32)17-24-10-6-4-7-11-24)20-25-14-15-29-30(18-25)37-23-36-29/h4-15,17-19H,2-3,16,20-23H2,1H3/b27-17-. The van der Waals surface area contributed by atoms with E-state index < -0.39 is 0 Å². The lowest BCUT2D eigenvalue weighted by Crippen LogP contribution is -2.26. The van der Waals surface area contributed by atoms with Gasteiger partial charge in [0.25, 0.3) is 0 Å². The predicted octanol–water partition coefficient (Wildman–Crippen LogP) is 7.09. The highest BCUT2D eigenvalue weighted by molar-refractivity contribution is 5.56. The molecule has 4 aromatic rings. The molecule has 0 bridgehead atoms. The van der Waals surface area contributed by atoms with E-state index in [0.717, 1.165) is 59.1 Å². The minimum absolute atomic E-state index is 0.183. The molecular formula is C31H32FN3O2. The Balaban J connectivity index is 1.43. The molecule has 0 N–H and O–H groups in total. The summed E-state index contributed by atoms with van der Waals surface area (Å²) in [5.74, 6) is 2.25. The van der Waals surface area contributed by atoms with Crippen LogP contribution in [0, 0.1) is 0 Å². The highest BCUT2D eigenvalue weighted by Crippen LogP contribution is 2.33. The molecule has 3 aromatic carbocycles. The van der Waals surface area contributed by atoms with Crippen molar-refractivity contribution in [2.24, 2.45) is 0 Å². The molecule has 0 saturated heterocycles. The van der Waals surface area contributed by atoms with Gasteiger partial charge in [0.1, 0.15) is 11.7 Å². The SMILES string of the molecule is CCCCn1c(CN(C/C(F)=C/c2ccccc2)Cc2ccc3c(c2)OCO3)cnc1-c1ccccc1. The lowest BCUT2D eigenvalue weighted by atomic mass is 10.1. The fraction of sp³-hybridized carbons (Fsp3) is 0.258. The van der Waals surface area contributed by atoms with E-state index in [1.54, 1.807) is 6.08 Å². The number of nitrogens with zero attached hydrogens (tertiary/aromatic N) is 3. The normalized spacial score (nSPS) is 12.9. The molecule has 1 aliphatic rings. The molecule has 1 aromatic heterocycles. The number of rotatable bonds is 11. The molecule has 0 saturated carbocycles. The minimum Gasteiger partial charge on any atom is -0.454 e. The number of aromatic nitrogens is 2. The summed E-state index contributed by atoms with van der Waals surface area (Å²) in [6.45, 7) is 4.60. The molecule has 5 rings (SSSR count). The monoisotopic (exact) mass is 497 g/mol. The molecule has 37 heavy (non-hydrogen) atoms. The first-order chi connectivity index (χ1) is 18.2. The Morgan fingerprint density at radius 3 is 2.51 bits per heavy atom. The molecule has 1 aliphatic heterocycles. The number of imidazole rings is 1. The van der Waals surface area contributed by atoms with E-state index in [4.69, 9.17) is 14.5 Å². The molecule has 0 radical (unpaired) electrons. The maximum atomic E-state index is 15.3. The average Bonchev–Trinajstić information content (AvgIpc) is 3.55. The molecule has 0 atom stereocenters. The predicted molar refractivity (Wildman–Crippen MR) is 145 cm³/mol. The van der Waals surface area contributed by atoms with Gasteiger partial charge >= 0.3 is 0 Å². The van der Waals surface area contributed by atoms with Crippen LogP contribution in [0.1, 0.15) is 36.6 Å². The van der Waals surface area contributed by atoms with Crippen LogP contribution in [0.15, 0.2) is 90.9 Å². The fourth-order valence-electron chi connectivity index (χ4n) is 4.60. The van der Waals surface area contributed by atoms with Crippen LogP contribution in [0.4, 0.5) is 4.39 Å². The number of unbranched alkanes of at least 4 members (excludes halogenated alkanes) is 1. The van der Waals surface area contributed by atoms with Crippen molar-refractivity contribution in [2.75, 3.05) is 13.3 Å². The zero-order valence-corrected chi connectivity index (χ0v) is 21.1. The Labute approximate surface area is 217 Å². The molecule has 5 nitrogen and oxygen atoms in total. The summed E-state index contributed by atoms with van der Waals surface area (Å²) in [7, 11) is 0. The van der Waals surface area contributed by atoms with Crippen LogP contribution in [-0.2, 0) is 19.6 Å². The van der Waals surface area contributed by atoms with Gasteiger partial charge in [-0.05, 0) is 35.8 Å². The lowest BCUT2D eigenvalue weighted by molar-refractivity contribution is 0.174. The van der Waals surface area contributed by atoms with Crippen molar-refractivity contribution in [1.82, 2.24) is 14.5 Å². The van der Waals surface area contributed by atoms with E-state index in [2.05, 4.69) is 28.5 Å². The molecule has 0 spiro atoms. The average molecular weight is 498 g/mol. The quantitative estimate of drug-likeness (QED) is 0.222.